The molecule has 2 heterocycles. The Bertz CT molecular complexity index is 1110. The van der Waals surface area contributed by atoms with E-state index in [-0.39, 0.29) is 28.7 Å². The first kappa shape index (κ1) is 21.0. The SMILES string of the molecule is O=C(CCc1cnccn1)c1ccc(CNS(=O)(=O)c2ccc(F)c(Cl)c2)nc1. The van der Waals surface area contributed by atoms with Gasteiger partial charge in [-0.3, -0.25) is 19.7 Å². The molecule has 10 heteroatoms. The largest absolute Gasteiger partial charge is 0.294 e. The molecule has 0 aliphatic carbocycles. The topological polar surface area (TPSA) is 102 Å². The maximum absolute atomic E-state index is 13.2. The zero-order valence-corrected chi connectivity index (χ0v) is 16.6. The lowest BCUT2D eigenvalue weighted by atomic mass is 10.1. The lowest BCUT2D eigenvalue weighted by Gasteiger charge is -2.08. The van der Waals surface area contributed by atoms with Crippen molar-refractivity contribution in [2.75, 3.05) is 0 Å². The Hall–Kier alpha value is -2.75. The smallest absolute Gasteiger partial charge is 0.240 e. The molecule has 0 unspecified atom stereocenters. The highest BCUT2D eigenvalue weighted by atomic mass is 35.5. The number of aryl methyl sites for hydroxylation is 1. The van der Waals surface area contributed by atoms with Crippen LogP contribution in [0.25, 0.3) is 0 Å². The van der Waals surface area contributed by atoms with Crippen molar-refractivity contribution in [2.24, 2.45) is 0 Å². The van der Waals surface area contributed by atoms with Crippen molar-refractivity contribution < 1.29 is 17.6 Å². The van der Waals surface area contributed by atoms with E-state index in [1.54, 1.807) is 30.7 Å². The van der Waals surface area contributed by atoms with Crippen LogP contribution in [0.2, 0.25) is 5.02 Å². The van der Waals surface area contributed by atoms with Crippen LogP contribution >= 0.6 is 11.6 Å². The summed E-state index contributed by atoms with van der Waals surface area (Å²) in [6, 6.07) is 6.29. The number of sulfonamides is 1. The summed E-state index contributed by atoms with van der Waals surface area (Å²) >= 11 is 5.63. The van der Waals surface area contributed by atoms with Gasteiger partial charge in [-0.1, -0.05) is 11.6 Å². The molecule has 0 aliphatic heterocycles. The lowest BCUT2D eigenvalue weighted by molar-refractivity contribution is 0.0982. The van der Waals surface area contributed by atoms with E-state index in [0.29, 0.717) is 17.7 Å². The van der Waals surface area contributed by atoms with E-state index in [2.05, 4.69) is 19.7 Å². The molecule has 0 atom stereocenters. The molecule has 29 heavy (non-hydrogen) atoms. The quantitative estimate of drug-likeness (QED) is 0.547. The second-order valence-electron chi connectivity index (χ2n) is 6.06. The second kappa shape index (κ2) is 9.17. The Kier molecular flexibility index (Phi) is 6.63. The fourth-order valence-electron chi connectivity index (χ4n) is 2.44. The average molecular weight is 435 g/mol. The van der Waals surface area contributed by atoms with Crippen LogP contribution < -0.4 is 4.72 Å². The van der Waals surface area contributed by atoms with Crippen LogP contribution in [-0.2, 0) is 23.0 Å². The molecule has 0 bridgehead atoms. The molecular weight excluding hydrogens is 419 g/mol. The lowest BCUT2D eigenvalue weighted by Crippen LogP contribution is -2.23. The third kappa shape index (κ3) is 5.63. The first-order valence-corrected chi connectivity index (χ1v) is 10.4. The van der Waals surface area contributed by atoms with Crippen molar-refractivity contribution in [3.8, 4) is 0 Å². The van der Waals surface area contributed by atoms with Crippen LogP contribution in [0.4, 0.5) is 4.39 Å². The number of pyridine rings is 1. The minimum absolute atomic E-state index is 0.0919. The number of hydrogen-bond acceptors (Lipinski definition) is 6. The van der Waals surface area contributed by atoms with Gasteiger partial charge in [0.25, 0.3) is 0 Å². The molecule has 1 aromatic carbocycles. The van der Waals surface area contributed by atoms with Crippen LogP contribution in [0, 0.1) is 5.82 Å². The number of ketones is 1. The van der Waals surface area contributed by atoms with Gasteiger partial charge in [0.15, 0.2) is 5.78 Å². The number of aromatic nitrogens is 3. The zero-order chi connectivity index (χ0) is 20.9. The fraction of sp³-hybridized carbons (Fsp3) is 0.158. The van der Waals surface area contributed by atoms with Gasteiger partial charge in [-0.2, -0.15) is 0 Å². The van der Waals surface area contributed by atoms with Crippen molar-refractivity contribution in [1.82, 2.24) is 19.7 Å². The standard InChI is InChI=1S/C19H16ClFN4O3S/c20-17-9-16(4-5-18(17)21)29(27,28)25-12-15-2-1-13(10-24-15)19(26)6-3-14-11-22-7-8-23-14/h1-2,4-5,7-11,25H,3,6,12H2. The van der Waals surface area contributed by atoms with E-state index >= 15 is 0 Å². The summed E-state index contributed by atoms with van der Waals surface area (Å²) in [5.74, 6) is -0.803. The van der Waals surface area contributed by atoms with Gasteiger partial charge in [0.05, 0.1) is 27.9 Å². The monoisotopic (exact) mass is 434 g/mol. The predicted molar refractivity (Wildman–Crippen MR) is 104 cm³/mol. The second-order valence-corrected chi connectivity index (χ2v) is 8.23. The summed E-state index contributed by atoms with van der Waals surface area (Å²) in [5.41, 5.74) is 1.57. The molecule has 2 aromatic heterocycles. The molecule has 150 valence electrons. The van der Waals surface area contributed by atoms with Gasteiger partial charge in [0.1, 0.15) is 5.82 Å². The van der Waals surface area contributed by atoms with E-state index in [1.165, 1.54) is 6.20 Å². The summed E-state index contributed by atoms with van der Waals surface area (Å²) in [5, 5.41) is -0.282. The Labute approximate surface area is 172 Å². The molecule has 0 saturated carbocycles. The van der Waals surface area contributed by atoms with Gasteiger partial charge in [0.2, 0.25) is 10.0 Å². The molecule has 3 rings (SSSR count). The van der Waals surface area contributed by atoms with E-state index in [0.717, 1.165) is 23.9 Å². The first-order valence-electron chi connectivity index (χ1n) is 8.53. The van der Waals surface area contributed by atoms with Crippen molar-refractivity contribution >= 4 is 27.4 Å². The van der Waals surface area contributed by atoms with Gasteiger partial charge >= 0.3 is 0 Å². The molecule has 0 fully saturated rings. The Morgan fingerprint density at radius 3 is 2.55 bits per heavy atom. The van der Waals surface area contributed by atoms with E-state index in [9.17, 15) is 17.6 Å². The van der Waals surface area contributed by atoms with Crippen LogP contribution in [0.5, 0.6) is 0 Å². The van der Waals surface area contributed by atoms with E-state index < -0.39 is 15.8 Å². The molecule has 0 aliphatic rings. The number of benzene rings is 1. The number of Topliss-reactive ketones (excluding diaryl/α,β-unsaturated/α-hetero) is 1. The van der Waals surface area contributed by atoms with Crippen LogP contribution in [0.3, 0.4) is 0 Å². The minimum atomic E-state index is -3.88. The number of hydrogen-bond donors (Lipinski definition) is 1. The molecule has 0 amide bonds. The number of carbonyl (C=O) groups excluding carboxylic acids is 1. The molecule has 7 nitrogen and oxygen atoms in total. The first-order chi connectivity index (χ1) is 13.8. The van der Waals surface area contributed by atoms with Crippen molar-refractivity contribution in [3.63, 3.8) is 0 Å². The fourth-order valence-corrected chi connectivity index (χ4v) is 3.71. The maximum Gasteiger partial charge on any atom is 0.240 e. The van der Waals surface area contributed by atoms with Gasteiger partial charge in [-0.05, 0) is 36.8 Å². The van der Waals surface area contributed by atoms with Crippen molar-refractivity contribution in [1.29, 1.82) is 0 Å². The number of nitrogens with one attached hydrogen (secondary N) is 1. The van der Waals surface area contributed by atoms with E-state index in [1.807, 2.05) is 0 Å². The normalized spacial score (nSPS) is 11.4. The third-order valence-electron chi connectivity index (χ3n) is 4.02. The average Bonchev–Trinajstić information content (AvgIpc) is 2.73. The van der Waals surface area contributed by atoms with Crippen molar-refractivity contribution in [3.05, 3.63) is 82.9 Å². The highest BCUT2D eigenvalue weighted by Gasteiger charge is 2.16. The van der Waals surface area contributed by atoms with Crippen LogP contribution in [-0.4, -0.2) is 29.2 Å². The molecule has 0 spiro atoms. The van der Waals surface area contributed by atoms with Gasteiger partial charge in [-0.25, -0.2) is 17.5 Å². The Morgan fingerprint density at radius 1 is 1.07 bits per heavy atom. The van der Waals surface area contributed by atoms with Gasteiger partial charge in [-0.15, -0.1) is 0 Å². The van der Waals surface area contributed by atoms with Crippen LogP contribution in [0.1, 0.15) is 28.2 Å². The summed E-state index contributed by atoms with van der Waals surface area (Å²) < 4.78 is 40.1. The number of carbonyl (C=O) groups is 1. The molecule has 1 N–H and O–H groups in total. The Morgan fingerprint density at radius 2 is 1.90 bits per heavy atom. The zero-order valence-electron chi connectivity index (χ0n) is 15.0. The number of nitrogens with zero attached hydrogens (tertiary/aromatic N) is 3. The maximum atomic E-state index is 13.2. The highest BCUT2D eigenvalue weighted by molar-refractivity contribution is 7.89. The highest BCUT2D eigenvalue weighted by Crippen LogP contribution is 2.19. The molecule has 3 aromatic rings. The molecule has 0 radical (unpaired) electrons. The summed E-state index contributed by atoms with van der Waals surface area (Å²) in [7, 11) is -3.88. The van der Waals surface area contributed by atoms with Gasteiger partial charge < -0.3 is 0 Å². The Balaban J connectivity index is 1.58. The van der Waals surface area contributed by atoms with Crippen molar-refractivity contribution in [2.45, 2.75) is 24.3 Å². The number of rotatable bonds is 8. The predicted octanol–water partition coefficient (Wildman–Crippen LogP) is 2.96. The van der Waals surface area contributed by atoms with Crippen LogP contribution in [0.15, 0.2) is 60.0 Å². The summed E-state index contributed by atoms with van der Waals surface area (Å²) in [6.07, 6.45) is 6.86. The molecular formula is C19H16ClFN4O3S. The van der Waals surface area contributed by atoms with E-state index in [4.69, 9.17) is 11.6 Å². The number of halogens is 2. The van der Waals surface area contributed by atoms with Gasteiger partial charge in [0, 0.05) is 36.8 Å². The summed E-state index contributed by atoms with van der Waals surface area (Å²) in [6.45, 7) is -0.0919. The third-order valence-corrected chi connectivity index (χ3v) is 5.70. The molecule has 0 saturated heterocycles. The summed E-state index contributed by atoms with van der Waals surface area (Å²) in [4.78, 5) is 24.3. The minimum Gasteiger partial charge on any atom is -0.294 e.